The first-order valence-corrected chi connectivity index (χ1v) is 6.70. The van der Waals surface area contributed by atoms with Gasteiger partial charge < -0.3 is 14.6 Å². The van der Waals surface area contributed by atoms with E-state index in [4.69, 9.17) is 14.6 Å². The number of hydrogen-bond acceptors (Lipinski definition) is 4. The normalized spacial score (nSPS) is 10.3. The van der Waals surface area contributed by atoms with Gasteiger partial charge in [0.2, 0.25) is 0 Å². The average molecular weight is 305 g/mol. The predicted octanol–water partition coefficient (Wildman–Crippen LogP) is 2.95. The number of aliphatic hydroxyl groups excluding tert-OH is 1. The molecule has 1 amide bonds. The van der Waals surface area contributed by atoms with E-state index in [1.165, 1.54) is 12.1 Å². The highest BCUT2D eigenvalue weighted by molar-refractivity contribution is 5.86. The molecule has 2 rings (SSSR count). The fraction of sp³-hybridized carbons (Fsp3) is 0.188. The molecule has 0 bridgehead atoms. The van der Waals surface area contributed by atoms with Crippen LogP contribution < -0.4 is 10.1 Å². The Labute approximate surface area is 127 Å². The molecule has 0 radical (unpaired) electrons. The van der Waals surface area contributed by atoms with Gasteiger partial charge in [0, 0.05) is 11.3 Å². The van der Waals surface area contributed by atoms with E-state index in [-0.39, 0.29) is 25.5 Å². The van der Waals surface area contributed by atoms with Gasteiger partial charge in [0.1, 0.15) is 11.6 Å². The summed E-state index contributed by atoms with van der Waals surface area (Å²) in [6, 6.07) is 12.8. The SMILES string of the molecule is O=C(Nc1ccc(COCCO)c(F)c1)Oc1ccccc1. The summed E-state index contributed by atoms with van der Waals surface area (Å²) in [5, 5.41) is 11.0. The first-order valence-electron chi connectivity index (χ1n) is 6.70. The van der Waals surface area contributed by atoms with Gasteiger partial charge in [0.05, 0.1) is 19.8 Å². The van der Waals surface area contributed by atoms with Crippen LogP contribution >= 0.6 is 0 Å². The van der Waals surface area contributed by atoms with Crippen LogP contribution in [0.4, 0.5) is 14.9 Å². The van der Waals surface area contributed by atoms with Gasteiger partial charge in [-0.05, 0) is 24.3 Å². The van der Waals surface area contributed by atoms with Crippen LogP contribution in [0.3, 0.4) is 0 Å². The standard InChI is InChI=1S/C16H16FNO4/c17-15-10-13(7-6-12(15)11-21-9-8-19)18-16(20)22-14-4-2-1-3-5-14/h1-7,10,19H,8-9,11H2,(H,18,20). The van der Waals surface area contributed by atoms with Crippen LogP contribution in [0.15, 0.2) is 48.5 Å². The maximum absolute atomic E-state index is 13.8. The molecule has 0 saturated carbocycles. The van der Waals surface area contributed by atoms with Crippen molar-refractivity contribution in [2.75, 3.05) is 18.5 Å². The summed E-state index contributed by atoms with van der Waals surface area (Å²) in [6.07, 6.45) is -0.699. The number of benzene rings is 2. The molecule has 0 aliphatic heterocycles. The summed E-state index contributed by atoms with van der Waals surface area (Å²) in [7, 11) is 0. The van der Waals surface area contributed by atoms with Gasteiger partial charge in [-0.15, -0.1) is 0 Å². The van der Waals surface area contributed by atoms with Crippen LogP contribution in [0.1, 0.15) is 5.56 Å². The van der Waals surface area contributed by atoms with Crippen LogP contribution in [0.25, 0.3) is 0 Å². The molecule has 0 spiro atoms. The van der Waals surface area contributed by atoms with Gasteiger partial charge in [-0.1, -0.05) is 24.3 Å². The van der Waals surface area contributed by atoms with E-state index in [0.717, 1.165) is 0 Å². The van der Waals surface area contributed by atoms with Gasteiger partial charge in [0.25, 0.3) is 0 Å². The Morgan fingerprint density at radius 1 is 1.18 bits per heavy atom. The van der Waals surface area contributed by atoms with E-state index in [2.05, 4.69) is 5.32 Å². The molecule has 116 valence electrons. The fourth-order valence-corrected chi connectivity index (χ4v) is 1.73. The largest absolute Gasteiger partial charge is 0.417 e. The molecule has 0 aromatic heterocycles. The van der Waals surface area contributed by atoms with Crippen LogP contribution in [0.2, 0.25) is 0 Å². The van der Waals surface area contributed by atoms with Gasteiger partial charge >= 0.3 is 6.09 Å². The quantitative estimate of drug-likeness (QED) is 0.805. The Hall–Kier alpha value is -2.44. The molecule has 6 heteroatoms. The maximum Gasteiger partial charge on any atom is 0.417 e. The highest BCUT2D eigenvalue weighted by Crippen LogP contribution is 2.16. The lowest BCUT2D eigenvalue weighted by atomic mass is 10.2. The molecule has 0 aliphatic rings. The maximum atomic E-state index is 13.8. The third kappa shape index (κ3) is 4.83. The number of carbonyl (C=O) groups is 1. The average Bonchev–Trinajstić information content (AvgIpc) is 2.50. The van der Waals surface area contributed by atoms with E-state index in [1.54, 1.807) is 36.4 Å². The van der Waals surface area contributed by atoms with E-state index < -0.39 is 11.9 Å². The lowest BCUT2D eigenvalue weighted by molar-refractivity contribution is 0.0799. The molecule has 0 heterocycles. The molecule has 0 saturated heterocycles. The Kier molecular flexibility index (Phi) is 5.88. The second-order valence-electron chi connectivity index (χ2n) is 4.41. The molecule has 2 aromatic rings. The number of para-hydroxylation sites is 1. The lowest BCUT2D eigenvalue weighted by Gasteiger charge is -2.09. The summed E-state index contributed by atoms with van der Waals surface area (Å²) >= 11 is 0. The minimum absolute atomic E-state index is 0.0567. The zero-order valence-electron chi connectivity index (χ0n) is 11.8. The molecular weight excluding hydrogens is 289 g/mol. The Morgan fingerprint density at radius 2 is 1.95 bits per heavy atom. The van der Waals surface area contributed by atoms with Crippen molar-refractivity contribution < 1.29 is 23.8 Å². The predicted molar refractivity (Wildman–Crippen MR) is 79.2 cm³/mol. The van der Waals surface area contributed by atoms with E-state index in [0.29, 0.717) is 11.3 Å². The van der Waals surface area contributed by atoms with Crippen molar-refractivity contribution in [2.24, 2.45) is 0 Å². The van der Waals surface area contributed by atoms with E-state index >= 15 is 0 Å². The zero-order valence-corrected chi connectivity index (χ0v) is 11.8. The highest BCUT2D eigenvalue weighted by Gasteiger charge is 2.08. The number of hydrogen-bond donors (Lipinski definition) is 2. The first-order chi connectivity index (χ1) is 10.7. The minimum atomic E-state index is -0.699. The summed E-state index contributed by atoms with van der Waals surface area (Å²) in [5.74, 6) is -0.107. The number of aliphatic hydroxyl groups is 1. The van der Waals surface area contributed by atoms with Crippen LogP contribution in [-0.2, 0) is 11.3 Å². The Morgan fingerprint density at radius 3 is 2.64 bits per heavy atom. The zero-order chi connectivity index (χ0) is 15.8. The highest BCUT2D eigenvalue weighted by atomic mass is 19.1. The van der Waals surface area contributed by atoms with Crippen LogP contribution in [0.5, 0.6) is 5.75 Å². The van der Waals surface area contributed by atoms with E-state index in [1.807, 2.05) is 0 Å². The first kappa shape index (κ1) is 15.9. The van der Waals surface area contributed by atoms with Crippen molar-refractivity contribution in [3.05, 3.63) is 59.9 Å². The summed E-state index contributed by atoms with van der Waals surface area (Å²) in [5.41, 5.74) is 0.625. The number of amides is 1. The number of anilines is 1. The van der Waals surface area contributed by atoms with Crippen molar-refractivity contribution in [2.45, 2.75) is 6.61 Å². The van der Waals surface area contributed by atoms with Gasteiger partial charge in [-0.3, -0.25) is 5.32 Å². The second kappa shape index (κ2) is 8.11. The second-order valence-corrected chi connectivity index (χ2v) is 4.41. The third-order valence-corrected chi connectivity index (χ3v) is 2.75. The van der Waals surface area contributed by atoms with Gasteiger partial charge in [-0.25, -0.2) is 9.18 Å². The molecule has 2 aromatic carbocycles. The van der Waals surface area contributed by atoms with Crippen LogP contribution in [0, 0.1) is 5.82 Å². The molecular formula is C16H16FNO4. The number of nitrogens with one attached hydrogen (secondary N) is 1. The number of carbonyl (C=O) groups excluding carboxylic acids is 1. The van der Waals surface area contributed by atoms with Crippen molar-refractivity contribution >= 4 is 11.8 Å². The lowest BCUT2D eigenvalue weighted by Crippen LogP contribution is -2.16. The van der Waals surface area contributed by atoms with Gasteiger partial charge in [0.15, 0.2) is 0 Å². The summed E-state index contributed by atoms with van der Waals surface area (Å²) in [6.45, 7) is 0.0799. The molecule has 0 atom stereocenters. The minimum Gasteiger partial charge on any atom is -0.410 e. The van der Waals surface area contributed by atoms with Crippen molar-refractivity contribution in [1.29, 1.82) is 0 Å². The Balaban J connectivity index is 1.92. The molecule has 2 N–H and O–H groups in total. The van der Waals surface area contributed by atoms with Crippen molar-refractivity contribution in [3.8, 4) is 5.75 Å². The monoisotopic (exact) mass is 305 g/mol. The molecule has 5 nitrogen and oxygen atoms in total. The topological polar surface area (TPSA) is 67.8 Å². The van der Waals surface area contributed by atoms with Gasteiger partial charge in [-0.2, -0.15) is 0 Å². The molecule has 0 aliphatic carbocycles. The number of halogens is 1. The van der Waals surface area contributed by atoms with Crippen molar-refractivity contribution in [3.63, 3.8) is 0 Å². The fourth-order valence-electron chi connectivity index (χ4n) is 1.73. The van der Waals surface area contributed by atoms with Crippen molar-refractivity contribution in [1.82, 2.24) is 0 Å². The summed E-state index contributed by atoms with van der Waals surface area (Å²) in [4.78, 5) is 11.7. The number of rotatable bonds is 6. The summed E-state index contributed by atoms with van der Waals surface area (Å²) < 4.78 is 23.9. The smallest absolute Gasteiger partial charge is 0.410 e. The molecule has 0 unspecified atom stereocenters. The number of ether oxygens (including phenoxy) is 2. The van der Waals surface area contributed by atoms with E-state index in [9.17, 15) is 9.18 Å². The Bertz CT molecular complexity index is 619. The third-order valence-electron chi connectivity index (χ3n) is 2.75. The van der Waals surface area contributed by atoms with Crippen LogP contribution in [-0.4, -0.2) is 24.4 Å². The molecule has 0 fully saturated rings. The molecule has 22 heavy (non-hydrogen) atoms.